The number of hydrogen-bond donors (Lipinski definition) is 0. The van der Waals surface area contributed by atoms with Gasteiger partial charge in [0.05, 0.1) is 38.2 Å². The van der Waals surface area contributed by atoms with Gasteiger partial charge < -0.3 is 10.6 Å². The highest BCUT2D eigenvalue weighted by Gasteiger charge is 2.27. The van der Waals surface area contributed by atoms with Crippen LogP contribution in [0.5, 0.6) is 0 Å². The van der Waals surface area contributed by atoms with Gasteiger partial charge >= 0.3 is 0 Å². The van der Waals surface area contributed by atoms with Crippen LogP contribution in [-0.2, 0) is 0 Å². The van der Waals surface area contributed by atoms with E-state index in [0.29, 0.717) is 60.9 Å². The molecule has 14 aromatic rings. The highest BCUT2D eigenvalue weighted by molar-refractivity contribution is 6.45. The summed E-state index contributed by atoms with van der Waals surface area (Å²) >= 11 is 0. The minimum Gasteiger partial charge on any atom is -0.706 e. The van der Waals surface area contributed by atoms with Gasteiger partial charge in [-0.15, -0.1) is 0 Å². The summed E-state index contributed by atoms with van der Waals surface area (Å²) in [6.07, 6.45) is 55.6. The fraction of sp³-hybridized carbons (Fsp3) is 0.500. The Morgan fingerprint density at radius 2 is 0.604 bits per heavy atom. The molecule has 0 saturated carbocycles. The standard InChI is InChI=1S/C100H118N7O4/c1-5-9-13-17-21-25-29-33-37-41-45-69(46-42-38-34-30-26-22-18-14-10-6-2)49-51-71-65-86-89(67-85(71)104-101)105-97(102-86)81-61-57-77-73-53-56-76-80-60-64-84-96-82(62-58-78(94(80)96)74-54-55-75(91(73)92(74)76)79-59-63-83(99(105)108)95(81)93(77)79)98-103-87-66-72(88(107(110)111)68-90(87)106(98)100(84)109)52-50-70(47-43-39-35-31-27-23-19-15-11-7-3)48-44-40-36-32-28-24-20-16-12-8-4/h53-70H,5-48H2,1-4H3/q-1. The van der Waals surface area contributed by atoms with Crippen molar-refractivity contribution in [3.63, 3.8) is 0 Å². The van der Waals surface area contributed by atoms with Crippen LogP contribution in [-0.4, -0.2) is 23.7 Å². The summed E-state index contributed by atoms with van der Waals surface area (Å²) in [4.78, 5) is 53.8. The third-order valence-corrected chi connectivity index (χ3v) is 25.3. The monoisotopic (exact) mass is 1480 g/mol. The van der Waals surface area contributed by atoms with Gasteiger partial charge in [0, 0.05) is 50.2 Å². The van der Waals surface area contributed by atoms with Crippen molar-refractivity contribution in [2.24, 2.45) is 17.0 Å². The van der Waals surface area contributed by atoms with Gasteiger partial charge in [-0.3, -0.25) is 28.5 Å². The van der Waals surface area contributed by atoms with Gasteiger partial charge in [-0.1, -0.05) is 357 Å². The van der Waals surface area contributed by atoms with Gasteiger partial charge in [0.2, 0.25) is 0 Å². The van der Waals surface area contributed by atoms with E-state index < -0.39 is 0 Å². The van der Waals surface area contributed by atoms with Crippen molar-refractivity contribution in [3.8, 4) is 23.7 Å². The van der Waals surface area contributed by atoms with Crippen LogP contribution in [0, 0.1) is 45.6 Å². The Hall–Kier alpha value is -9.06. The van der Waals surface area contributed by atoms with Crippen molar-refractivity contribution in [3.05, 3.63) is 145 Å². The SMILES string of the molecule is CCCCCCCCCCCCC(C#Cc1cc2nc3c4ccc5c6ccc7c8ccc9c(=O)n%10c%11cc([N+](=O)[O-])c(C#CC(CCCCCCCCCCCC)CCCCCCCCCCCC)cc%11nc%10c%10ccc(c%11ccc(c%12ccc(c(=O)n3c2cc1N=[N-])c4c5%12)c6c7%11)c8c9%10)CCCCCCCCCCCC. The molecule has 0 amide bonds. The number of aromatic nitrogens is 4. The fourth-order valence-electron chi connectivity index (χ4n) is 19.1. The number of imidazole rings is 2. The summed E-state index contributed by atoms with van der Waals surface area (Å²) in [5, 5.41) is 34.2. The fourth-order valence-corrected chi connectivity index (χ4v) is 19.1. The molecule has 0 bridgehead atoms. The molecule has 111 heavy (non-hydrogen) atoms. The molecule has 4 heterocycles. The Labute approximate surface area is 656 Å². The molecule has 0 fully saturated rings. The quantitative estimate of drug-likeness (QED) is 0.00706. The van der Waals surface area contributed by atoms with Gasteiger partial charge in [-0.2, -0.15) is 0 Å². The largest absolute Gasteiger partial charge is 0.706 e. The Kier molecular flexibility index (Phi) is 26.9. The third-order valence-electron chi connectivity index (χ3n) is 25.3. The molecule has 0 atom stereocenters. The topological polar surface area (TPSA) is 147 Å². The lowest BCUT2D eigenvalue weighted by Crippen LogP contribution is -2.13. The zero-order valence-electron chi connectivity index (χ0n) is 67.3. The molecular formula is C100H118N7O4-. The maximum Gasteiger partial charge on any atom is 0.287 e. The maximum absolute atomic E-state index is 15.3. The number of benzene rings is 10. The molecule has 0 aliphatic rings. The lowest BCUT2D eigenvalue weighted by Gasteiger charge is -2.21. The number of fused-ring (bicyclic) bond motifs is 12. The highest BCUT2D eigenvalue weighted by atomic mass is 16.6. The van der Waals surface area contributed by atoms with E-state index in [2.05, 4.69) is 117 Å². The van der Waals surface area contributed by atoms with Crippen LogP contribution in [0.25, 0.3) is 136 Å². The molecule has 11 heteroatoms. The van der Waals surface area contributed by atoms with Gasteiger partial charge in [0.1, 0.15) is 16.9 Å². The molecule has 0 spiro atoms. The lowest BCUT2D eigenvalue weighted by atomic mass is 9.82. The van der Waals surface area contributed by atoms with Crippen molar-refractivity contribution in [2.45, 2.75) is 310 Å². The Balaban J connectivity index is 0.767. The molecule has 0 aliphatic heterocycles. The normalized spacial score (nSPS) is 12.3. The molecule has 11 nitrogen and oxygen atoms in total. The van der Waals surface area contributed by atoms with Crippen LogP contribution in [0.2, 0.25) is 0 Å². The number of rotatable bonds is 46. The van der Waals surface area contributed by atoms with E-state index in [1.807, 2.05) is 18.2 Å². The minimum absolute atomic E-state index is 0.108. The average Bonchev–Trinajstić information content (AvgIpc) is 1.32. The van der Waals surface area contributed by atoms with Crippen LogP contribution in [0.3, 0.4) is 0 Å². The first-order valence-electron chi connectivity index (χ1n) is 44.2. The van der Waals surface area contributed by atoms with Crippen molar-refractivity contribution >= 4 is 142 Å². The molecule has 4 aromatic heterocycles. The first-order valence-corrected chi connectivity index (χ1v) is 44.2. The predicted molar refractivity (Wildman–Crippen MR) is 472 cm³/mol. The summed E-state index contributed by atoms with van der Waals surface area (Å²) in [5.41, 5.74) is 14.6. The van der Waals surface area contributed by atoms with E-state index in [1.165, 1.54) is 250 Å². The van der Waals surface area contributed by atoms with Crippen molar-refractivity contribution in [2.75, 3.05) is 0 Å². The molecule has 0 aliphatic carbocycles. The van der Waals surface area contributed by atoms with Crippen molar-refractivity contribution < 1.29 is 4.92 Å². The average molecular weight is 1480 g/mol. The Morgan fingerprint density at radius 3 is 0.901 bits per heavy atom. The number of nitro groups is 1. The highest BCUT2D eigenvalue weighted by Crippen LogP contribution is 2.50. The zero-order valence-corrected chi connectivity index (χ0v) is 67.3. The zero-order chi connectivity index (χ0) is 76.6. The number of unbranched alkanes of at least 4 members (excludes halogenated alkanes) is 36. The number of nitro benzene ring substituents is 1. The first kappa shape index (κ1) is 78.6. The number of nitrogens with zero attached hydrogens (tertiary/aromatic N) is 7. The van der Waals surface area contributed by atoms with Crippen LogP contribution in [0.4, 0.5) is 11.4 Å². The van der Waals surface area contributed by atoms with Gasteiger partial charge in [-0.05, 0) is 133 Å². The minimum atomic E-state index is -0.351. The van der Waals surface area contributed by atoms with E-state index in [9.17, 15) is 15.6 Å². The van der Waals surface area contributed by atoms with Gasteiger partial charge in [0.15, 0.2) is 0 Å². The van der Waals surface area contributed by atoms with E-state index in [-0.39, 0.29) is 33.6 Å². The molecule has 0 radical (unpaired) electrons. The summed E-state index contributed by atoms with van der Waals surface area (Å²) in [6.45, 7) is 9.10. The Morgan fingerprint density at radius 1 is 0.351 bits per heavy atom. The van der Waals surface area contributed by atoms with Crippen molar-refractivity contribution in [1.29, 1.82) is 0 Å². The van der Waals surface area contributed by atoms with Crippen LogP contribution >= 0.6 is 0 Å². The maximum atomic E-state index is 15.3. The van der Waals surface area contributed by atoms with Crippen molar-refractivity contribution in [1.82, 2.24) is 18.8 Å². The Bertz CT molecular complexity index is 5690. The lowest BCUT2D eigenvalue weighted by molar-refractivity contribution is -0.385. The summed E-state index contributed by atoms with van der Waals surface area (Å²) < 4.78 is 3.28. The van der Waals surface area contributed by atoms with E-state index in [0.717, 1.165) is 125 Å². The second-order valence-corrected chi connectivity index (χ2v) is 33.3. The number of hydrogen-bond acceptors (Lipinski definition) is 7. The van der Waals surface area contributed by atoms with E-state index in [1.54, 1.807) is 20.9 Å². The molecule has 0 saturated heterocycles. The molecule has 0 unspecified atom stereocenters. The summed E-state index contributed by atoms with van der Waals surface area (Å²) in [6, 6.07) is 32.6. The summed E-state index contributed by atoms with van der Waals surface area (Å²) in [5.74, 6) is 14.5. The molecule has 0 N–H and O–H groups in total. The second kappa shape index (κ2) is 38.0. The van der Waals surface area contributed by atoms with Crippen LogP contribution in [0.1, 0.15) is 321 Å². The van der Waals surface area contributed by atoms with Gasteiger partial charge in [0.25, 0.3) is 16.8 Å². The molecule has 578 valence electrons. The molecule has 10 aromatic carbocycles. The van der Waals surface area contributed by atoms with Gasteiger partial charge in [-0.25, -0.2) is 9.97 Å². The smallest absolute Gasteiger partial charge is 0.287 e. The first-order chi connectivity index (χ1) is 54.7. The number of pyridine rings is 2. The third kappa shape index (κ3) is 17.0. The second-order valence-electron chi connectivity index (χ2n) is 33.3. The van der Waals surface area contributed by atoms with Crippen LogP contribution < -0.4 is 11.1 Å². The predicted octanol–water partition coefficient (Wildman–Crippen LogP) is 29.9. The summed E-state index contributed by atoms with van der Waals surface area (Å²) in [7, 11) is 0. The van der Waals surface area contributed by atoms with Crippen LogP contribution in [0.15, 0.2) is 112 Å². The molecule has 14 rings (SSSR count). The van der Waals surface area contributed by atoms with E-state index >= 15 is 9.59 Å². The van der Waals surface area contributed by atoms with E-state index in [4.69, 9.17) is 9.97 Å². The molecular weight excluding hydrogens is 1360 g/mol.